The number of epoxide rings is 11. The molecule has 11 atom stereocenters. The van der Waals surface area contributed by atoms with Crippen molar-refractivity contribution in [3.05, 3.63) is 226 Å². The van der Waals surface area contributed by atoms with Crippen LogP contribution in [0.3, 0.4) is 0 Å². The van der Waals surface area contributed by atoms with Crippen molar-refractivity contribution >= 4 is 17.1 Å². The molecule has 108 heavy (non-hydrogen) atoms. The van der Waals surface area contributed by atoms with Gasteiger partial charge in [0.05, 0.1) is 109 Å². The van der Waals surface area contributed by atoms with Gasteiger partial charge in [-0.05, 0) is 187 Å². The molecule has 8 aromatic carbocycles. The van der Waals surface area contributed by atoms with Gasteiger partial charge >= 0.3 is 0 Å². The van der Waals surface area contributed by atoms with E-state index in [2.05, 4.69) is 178 Å². The number of benzene rings is 8. The average Bonchev–Trinajstić information content (AvgIpc) is 1.65. The average molecular weight is 1470 g/mol. The fourth-order valence-corrected chi connectivity index (χ4v) is 12.9. The van der Waals surface area contributed by atoms with Crippen LogP contribution in [0.4, 0.5) is 17.1 Å². The second-order valence-electron chi connectivity index (χ2n) is 30.5. The van der Waals surface area contributed by atoms with E-state index in [1.165, 1.54) is 50.4 Å². The van der Waals surface area contributed by atoms with E-state index in [0.717, 1.165) is 169 Å². The smallest absolute Gasteiger partial charge is 0.125 e. The van der Waals surface area contributed by atoms with Crippen LogP contribution in [-0.4, -0.2) is 212 Å². The molecular weight excluding hydrogens is 1370 g/mol. The molecule has 0 spiro atoms. The molecule has 11 fully saturated rings. The van der Waals surface area contributed by atoms with Crippen LogP contribution in [0.2, 0.25) is 0 Å². The number of hydrogen-bond acceptors (Lipinski definition) is 19. The lowest BCUT2D eigenvalue weighted by Crippen LogP contribution is -2.31. The maximum atomic E-state index is 5.95. The Balaban J connectivity index is 0.000000112. The number of nitrogens with zero attached hydrogens (tertiary/aromatic N) is 3. The van der Waals surface area contributed by atoms with E-state index >= 15 is 0 Å². The highest BCUT2D eigenvalue weighted by Gasteiger charge is 2.35. The molecule has 0 N–H and O–H groups in total. The number of aryl methyl sites for hydroxylation is 4. The normalized spacial score (nSPS) is 23.9. The summed E-state index contributed by atoms with van der Waals surface area (Å²) >= 11 is 0. The minimum absolute atomic E-state index is 0.0870. The molecule has 11 heterocycles. The maximum absolute atomic E-state index is 5.95. The second-order valence-corrected chi connectivity index (χ2v) is 30.5. The first-order valence-corrected chi connectivity index (χ1v) is 38.7. The third-order valence-electron chi connectivity index (χ3n) is 20.4. The first kappa shape index (κ1) is 75.1. The van der Waals surface area contributed by atoms with Gasteiger partial charge in [0.2, 0.25) is 0 Å². The fraction of sp³-hybridized carbons (Fsp3) is 0.461. The van der Waals surface area contributed by atoms with Crippen LogP contribution >= 0.6 is 0 Å². The number of para-hydroxylation sites is 2. The third-order valence-corrected chi connectivity index (χ3v) is 20.4. The SMILES string of the molecule is CC(C)(c1ccc(OCC2CO2)cc1)c1ccc(OCC2CO2)cc1.Cc1cc(-c2cc(C)c(OCC3CO3)c(C)c2)cc(C)c1OCC1CO1.c1cc(N(CC2CO2)CC2CO2)ccc1Cc1ccc(N(CC2CO2)CC2CO2)cc1.c1ccc(N(CC2CO2)CC2CO2)cc1.c1ccc(OCC2CO2)cc1. The van der Waals surface area contributed by atoms with Crippen molar-refractivity contribution in [1.29, 1.82) is 0 Å². The topological polar surface area (TPSA) is 194 Å². The molecule has 11 unspecified atom stereocenters. The molecule has 11 saturated heterocycles. The highest BCUT2D eigenvalue weighted by molar-refractivity contribution is 5.70. The van der Waals surface area contributed by atoms with Crippen LogP contribution in [0.1, 0.15) is 58.4 Å². The van der Waals surface area contributed by atoms with Gasteiger partial charge in [0.15, 0.2) is 0 Å². The minimum Gasteiger partial charge on any atom is -0.491 e. The highest BCUT2D eigenvalue weighted by atomic mass is 16.6. The zero-order chi connectivity index (χ0) is 73.8. The molecule has 11 aliphatic rings. The Morgan fingerprint density at radius 3 is 0.796 bits per heavy atom. The quantitative estimate of drug-likeness (QED) is 0.0340. The summed E-state index contributed by atoms with van der Waals surface area (Å²) in [7, 11) is 0. The van der Waals surface area contributed by atoms with Crippen molar-refractivity contribution in [3.63, 3.8) is 0 Å². The number of hydrogen-bond donors (Lipinski definition) is 0. The molecule has 0 saturated carbocycles. The minimum atomic E-state index is -0.0870. The Kier molecular flexibility index (Phi) is 24.8. The van der Waals surface area contributed by atoms with Gasteiger partial charge in [0, 0.05) is 61.7 Å². The Labute approximate surface area is 636 Å². The van der Waals surface area contributed by atoms with E-state index in [0.29, 0.717) is 75.8 Å². The van der Waals surface area contributed by atoms with Crippen molar-refractivity contribution in [3.8, 4) is 39.9 Å². The summed E-state index contributed by atoms with van der Waals surface area (Å²) < 4.78 is 86.9. The van der Waals surface area contributed by atoms with Crippen LogP contribution < -0.4 is 38.4 Å². The van der Waals surface area contributed by atoms with Crippen molar-refractivity contribution in [1.82, 2.24) is 0 Å². The molecule has 11 aliphatic heterocycles. The lowest BCUT2D eigenvalue weighted by Gasteiger charge is -2.26. The molecular formula is C89H105N3O16. The first-order valence-electron chi connectivity index (χ1n) is 38.7. The van der Waals surface area contributed by atoms with Crippen LogP contribution in [0.15, 0.2) is 182 Å². The van der Waals surface area contributed by atoms with Gasteiger partial charge in [0.1, 0.15) is 92.3 Å². The molecule has 0 aliphatic carbocycles. The molecule has 19 nitrogen and oxygen atoms in total. The van der Waals surface area contributed by atoms with Crippen molar-refractivity contribution in [2.75, 3.05) is 160 Å². The second kappa shape index (κ2) is 35.6. The molecule has 0 bridgehead atoms. The van der Waals surface area contributed by atoms with Crippen LogP contribution in [0.25, 0.3) is 11.1 Å². The lowest BCUT2D eigenvalue weighted by molar-refractivity contribution is 0.260. The van der Waals surface area contributed by atoms with E-state index in [4.69, 9.17) is 75.8 Å². The third kappa shape index (κ3) is 24.4. The Hall–Kier alpha value is -8.28. The predicted octanol–water partition coefficient (Wildman–Crippen LogP) is 13.0. The Morgan fingerprint density at radius 2 is 0.528 bits per heavy atom. The molecule has 0 amide bonds. The summed E-state index contributed by atoms with van der Waals surface area (Å²) in [5.41, 5.74) is 15.9. The van der Waals surface area contributed by atoms with Gasteiger partial charge in [-0.3, -0.25) is 0 Å². The van der Waals surface area contributed by atoms with E-state index in [-0.39, 0.29) is 29.8 Å². The summed E-state index contributed by atoms with van der Waals surface area (Å²) in [5, 5.41) is 0. The van der Waals surface area contributed by atoms with E-state index in [9.17, 15) is 0 Å². The van der Waals surface area contributed by atoms with E-state index < -0.39 is 0 Å². The zero-order valence-corrected chi connectivity index (χ0v) is 63.3. The number of rotatable bonds is 35. The van der Waals surface area contributed by atoms with Gasteiger partial charge in [-0.1, -0.05) is 98.8 Å². The molecule has 572 valence electrons. The first-order chi connectivity index (χ1) is 52.8. The zero-order valence-electron chi connectivity index (χ0n) is 63.3. The number of anilines is 3. The number of ether oxygens (including phenoxy) is 16. The van der Waals surface area contributed by atoms with E-state index in [1.807, 2.05) is 60.7 Å². The van der Waals surface area contributed by atoms with Crippen LogP contribution in [0, 0.1) is 27.7 Å². The maximum Gasteiger partial charge on any atom is 0.125 e. The molecule has 19 heteroatoms. The summed E-state index contributed by atoms with van der Waals surface area (Å²) in [6.45, 7) is 31.4. The molecule has 0 radical (unpaired) electrons. The van der Waals surface area contributed by atoms with Gasteiger partial charge in [-0.2, -0.15) is 0 Å². The van der Waals surface area contributed by atoms with Crippen LogP contribution in [0.5, 0.6) is 28.7 Å². The summed E-state index contributed by atoms with van der Waals surface area (Å²) in [4.78, 5) is 7.15. The molecule has 19 rings (SSSR count). The summed E-state index contributed by atoms with van der Waals surface area (Å²) in [6, 6.07) is 63.7. The standard InChI is InChI=1S/C25H30N2O4.C22H26O4.C21H24O4.C12H15NO2.C9H10O2/c1-5-20(26(10-22-14-28-22)11-23-15-29-23)6-2-18(1)9-19-3-7-21(8-4-19)27(12-24-16-30-24)13-25-17-31-25;1-13-5-17(6-14(2)21(13)25-11-19-9-23-19)18-7-15(3)22(16(4)8-18)26-12-20-10-24-20;1-21(2,15-3-7-17(8-4-15)22-11-19-13-24-19)16-5-9-18(10-6-16)23-12-20-14-25-20;1-2-4-10(5-3-1)13(6-11-8-14-11)7-12-9-15-12;1-2-4-8(5-3-1)10-6-9-7-11-9/h1-8,22-25H,9-17H2;5-8,19-20H,9-12H2,1-4H3;3-10,19-20H,11-14H2,1-2H3;1-5,11-12H,6-9H2;1-5,9H,6-7H2. The Morgan fingerprint density at radius 1 is 0.287 bits per heavy atom. The van der Waals surface area contributed by atoms with Gasteiger partial charge in [0.25, 0.3) is 0 Å². The predicted molar refractivity (Wildman–Crippen MR) is 416 cm³/mol. The highest BCUT2D eigenvalue weighted by Crippen LogP contribution is 2.38. The van der Waals surface area contributed by atoms with Crippen LogP contribution in [-0.2, 0) is 63.9 Å². The summed E-state index contributed by atoms with van der Waals surface area (Å²) in [5.74, 6) is 4.65. The van der Waals surface area contributed by atoms with Crippen molar-refractivity contribution in [2.24, 2.45) is 0 Å². The lowest BCUT2D eigenvalue weighted by atomic mass is 9.78. The van der Waals surface area contributed by atoms with Gasteiger partial charge in [-0.25, -0.2) is 0 Å². The van der Waals surface area contributed by atoms with Crippen molar-refractivity contribution in [2.45, 2.75) is 121 Å². The monoisotopic (exact) mass is 1470 g/mol. The molecule has 0 aromatic heterocycles. The Bertz CT molecular complexity index is 3820. The molecule has 8 aromatic rings. The summed E-state index contributed by atoms with van der Waals surface area (Å²) in [6.07, 6.45) is 4.79. The van der Waals surface area contributed by atoms with Gasteiger partial charge in [-0.15, -0.1) is 0 Å². The van der Waals surface area contributed by atoms with E-state index in [1.54, 1.807) is 0 Å². The largest absolute Gasteiger partial charge is 0.491 e. The van der Waals surface area contributed by atoms with Crippen molar-refractivity contribution < 1.29 is 75.8 Å². The van der Waals surface area contributed by atoms with Gasteiger partial charge < -0.3 is 90.5 Å². The fourth-order valence-electron chi connectivity index (χ4n) is 12.9.